The molecule has 0 unspecified atom stereocenters. The Morgan fingerprint density at radius 3 is 2.56 bits per heavy atom. The van der Waals surface area contributed by atoms with Crippen molar-refractivity contribution in [3.8, 4) is 0 Å². The lowest BCUT2D eigenvalue weighted by Crippen LogP contribution is -2.27. The molecule has 0 aliphatic heterocycles. The zero-order valence-electron chi connectivity index (χ0n) is 13.9. The number of furan rings is 1. The highest BCUT2D eigenvalue weighted by atomic mass is 16.4. The highest BCUT2D eigenvalue weighted by molar-refractivity contribution is 5.89. The van der Waals surface area contributed by atoms with Crippen LogP contribution in [0.1, 0.15) is 30.5 Å². The predicted octanol–water partition coefficient (Wildman–Crippen LogP) is 3.47. The molecule has 0 saturated carbocycles. The van der Waals surface area contributed by atoms with E-state index in [1.165, 1.54) is 0 Å². The number of hydrogen-bond acceptors (Lipinski definition) is 6. The Hall–Kier alpha value is -3.29. The second-order valence-electron chi connectivity index (χ2n) is 5.49. The van der Waals surface area contributed by atoms with E-state index in [9.17, 15) is 4.79 Å². The summed E-state index contributed by atoms with van der Waals surface area (Å²) in [5, 5.41) is 16.5. The summed E-state index contributed by atoms with van der Waals surface area (Å²) in [6.45, 7) is 4.02. The highest BCUT2D eigenvalue weighted by Crippen LogP contribution is 2.20. The molecule has 3 rings (SSSR count). The van der Waals surface area contributed by atoms with Crippen molar-refractivity contribution in [3.63, 3.8) is 0 Å². The molecule has 1 aromatic carbocycles. The van der Waals surface area contributed by atoms with Crippen LogP contribution in [0.4, 0.5) is 16.2 Å². The molecule has 0 radical (unpaired) electrons. The van der Waals surface area contributed by atoms with Crippen LogP contribution >= 0.6 is 0 Å². The summed E-state index contributed by atoms with van der Waals surface area (Å²) in [4.78, 5) is 11.9. The summed E-state index contributed by atoms with van der Waals surface area (Å²) in [5.74, 6) is 1.75. The van der Waals surface area contributed by atoms with Crippen molar-refractivity contribution in [2.24, 2.45) is 0 Å². The van der Waals surface area contributed by atoms with E-state index in [1.54, 1.807) is 37.5 Å². The first-order chi connectivity index (χ1) is 12.1. The van der Waals surface area contributed by atoms with Crippen molar-refractivity contribution in [2.75, 3.05) is 10.6 Å². The van der Waals surface area contributed by atoms with E-state index >= 15 is 0 Å². The minimum absolute atomic E-state index is 0.114. The number of hydrogen-bond donors (Lipinski definition) is 3. The molecule has 2 aromatic heterocycles. The maximum absolute atomic E-state index is 11.9. The molecular weight excluding hydrogens is 322 g/mol. The van der Waals surface area contributed by atoms with Crippen molar-refractivity contribution >= 4 is 17.4 Å². The van der Waals surface area contributed by atoms with Crippen LogP contribution in [-0.4, -0.2) is 16.2 Å². The molecule has 1 atom stereocenters. The maximum Gasteiger partial charge on any atom is 0.319 e. The zero-order chi connectivity index (χ0) is 17.6. The van der Waals surface area contributed by atoms with Gasteiger partial charge < -0.3 is 24.8 Å². The number of aromatic nitrogens is 2. The van der Waals surface area contributed by atoms with Crippen molar-refractivity contribution in [3.05, 3.63) is 60.2 Å². The largest absolute Gasteiger partial charge is 0.467 e. The summed E-state index contributed by atoms with van der Waals surface area (Å²) in [6, 6.07) is 10.5. The number of carbonyl (C=O) groups is 1. The Morgan fingerprint density at radius 1 is 1.16 bits per heavy atom. The van der Waals surface area contributed by atoms with Crippen LogP contribution < -0.4 is 16.0 Å². The number of urea groups is 1. The topological polar surface area (TPSA) is 105 Å². The van der Waals surface area contributed by atoms with Crippen LogP contribution in [0.15, 0.2) is 51.5 Å². The van der Waals surface area contributed by atoms with Crippen molar-refractivity contribution < 1.29 is 13.6 Å². The van der Waals surface area contributed by atoms with Crippen LogP contribution in [0.25, 0.3) is 0 Å². The molecule has 0 saturated heterocycles. The van der Waals surface area contributed by atoms with Gasteiger partial charge >= 0.3 is 6.03 Å². The van der Waals surface area contributed by atoms with Crippen molar-refractivity contribution in [1.82, 2.24) is 15.5 Å². The summed E-state index contributed by atoms with van der Waals surface area (Å²) < 4.78 is 10.6. The smallest absolute Gasteiger partial charge is 0.319 e. The third kappa shape index (κ3) is 4.60. The maximum atomic E-state index is 11.9. The Labute approximate surface area is 144 Å². The molecular formula is C17H19N5O3. The first-order valence-corrected chi connectivity index (χ1v) is 7.84. The fourth-order valence-corrected chi connectivity index (χ4v) is 2.20. The normalized spacial score (nSPS) is 11.8. The molecule has 130 valence electrons. The SMILES string of the molecule is Cc1nnc([C@H](C)Nc2ccc(NC(=O)NCc3ccco3)cc2)o1. The average molecular weight is 341 g/mol. The quantitative estimate of drug-likeness (QED) is 0.634. The Morgan fingerprint density at radius 2 is 1.92 bits per heavy atom. The number of nitrogens with one attached hydrogen (secondary N) is 3. The average Bonchev–Trinajstić information content (AvgIpc) is 3.26. The van der Waals surface area contributed by atoms with Gasteiger partial charge in [-0.3, -0.25) is 0 Å². The van der Waals surface area contributed by atoms with E-state index in [-0.39, 0.29) is 12.1 Å². The first kappa shape index (κ1) is 16.6. The van der Waals surface area contributed by atoms with Crippen molar-refractivity contribution in [2.45, 2.75) is 26.4 Å². The molecule has 0 bridgehead atoms. The first-order valence-electron chi connectivity index (χ1n) is 7.84. The van der Waals surface area contributed by atoms with Gasteiger partial charge in [0.2, 0.25) is 11.8 Å². The minimum Gasteiger partial charge on any atom is -0.467 e. The fraction of sp³-hybridized carbons (Fsp3) is 0.235. The number of rotatable bonds is 6. The van der Waals surface area contributed by atoms with Gasteiger partial charge in [-0.05, 0) is 43.3 Å². The Kier molecular flexibility index (Phi) is 4.98. The summed E-state index contributed by atoms with van der Waals surface area (Å²) >= 11 is 0. The van der Waals surface area contributed by atoms with Crippen LogP contribution in [0.2, 0.25) is 0 Å². The molecule has 2 heterocycles. The summed E-state index contributed by atoms with van der Waals surface area (Å²) in [5.41, 5.74) is 1.56. The molecule has 3 N–H and O–H groups in total. The fourth-order valence-electron chi connectivity index (χ4n) is 2.20. The van der Waals surface area contributed by atoms with Gasteiger partial charge in [0, 0.05) is 18.3 Å². The lowest BCUT2D eigenvalue weighted by molar-refractivity contribution is 0.251. The number of aryl methyl sites for hydroxylation is 1. The molecule has 0 spiro atoms. The third-order valence-electron chi connectivity index (χ3n) is 3.44. The number of carbonyl (C=O) groups excluding carboxylic acids is 1. The van der Waals surface area contributed by atoms with Gasteiger partial charge in [-0.1, -0.05) is 0 Å². The van der Waals surface area contributed by atoms with Gasteiger partial charge in [0.25, 0.3) is 0 Å². The Balaban J connectivity index is 1.50. The molecule has 0 aliphatic carbocycles. The highest BCUT2D eigenvalue weighted by Gasteiger charge is 2.12. The van der Waals surface area contributed by atoms with Gasteiger partial charge in [-0.25, -0.2) is 4.79 Å². The van der Waals surface area contributed by atoms with E-state index in [1.807, 2.05) is 19.1 Å². The van der Waals surface area contributed by atoms with Crippen LogP contribution in [0.5, 0.6) is 0 Å². The van der Waals surface area contributed by atoms with Gasteiger partial charge in [0.15, 0.2) is 0 Å². The van der Waals surface area contributed by atoms with Crippen molar-refractivity contribution in [1.29, 1.82) is 0 Å². The lowest BCUT2D eigenvalue weighted by atomic mass is 10.2. The van der Waals surface area contributed by atoms with E-state index in [2.05, 4.69) is 26.1 Å². The third-order valence-corrected chi connectivity index (χ3v) is 3.44. The summed E-state index contributed by atoms with van der Waals surface area (Å²) in [7, 11) is 0. The number of benzene rings is 1. The lowest BCUT2D eigenvalue weighted by Gasteiger charge is -2.12. The predicted molar refractivity (Wildman–Crippen MR) is 92.1 cm³/mol. The van der Waals surface area contributed by atoms with Gasteiger partial charge in [0.05, 0.1) is 12.8 Å². The van der Waals surface area contributed by atoms with Crippen LogP contribution in [0.3, 0.4) is 0 Å². The monoisotopic (exact) mass is 341 g/mol. The van der Waals surface area contributed by atoms with Gasteiger partial charge in [-0.2, -0.15) is 0 Å². The number of nitrogens with zero attached hydrogens (tertiary/aromatic N) is 2. The second-order valence-corrected chi connectivity index (χ2v) is 5.49. The molecule has 8 heteroatoms. The number of amides is 2. The molecule has 3 aromatic rings. The molecule has 2 amide bonds. The van der Waals surface area contributed by atoms with E-state index in [4.69, 9.17) is 8.83 Å². The Bertz CT molecular complexity index is 811. The second kappa shape index (κ2) is 7.52. The molecule has 25 heavy (non-hydrogen) atoms. The van der Waals surface area contributed by atoms with E-state index in [0.717, 1.165) is 5.69 Å². The summed E-state index contributed by atoms with van der Waals surface area (Å²) in [6.07, 6.45) is 1.57. The van der Waals surface area contributed by atoms with E-state index < -0.39 is 0 Å². The minimum atomic E-state index is -0.299. The zero-order valence-corrected chi connectivity index (χ0v) is 13.9. The van der Waals surface area contributed by atoms with Gasteiger partial charge in [-0.15, -0.1) is 10.2 Å². The molecule has 8 nitrogen and oxygen atoms in total. The van der Waals surface area contributed by atoms with Gasteiger partial charge in [0.1, 0.15) is 11.8 Å². The van der Waals surface area contributed by atoms with Crippen LogP contribution in [0, 0.1) is 6.92 Å². The van der Waals surface area contributed by atoms with E-state index in [0.29, 0.717) is 29.8 Å². The standard InChI is InChI=1S/C17H19N5O3/c1-11(16-22-21-12(2)25-16)19-13-5-7-14(8-6-13)20-17(23)18-10-15-4-3-9-24-15/h3-9,11,19H,10H2,1-2H3,(H2,18,20,23)/t11-/m0/s1. The number of anilines is 2. The van der Waals surface area contributed by atoms with Crippen LogP contribution in [-0.2, 0) is 6.54 Å². The molecule has 0 aliphatic rings. The molecule has 0 fully saturated rings.